The molecule has 3 rings (SSSR count). The van der Waals surface area contributed by atoms with Crippen LogP contribution in [0, 0.1) is 5.92 Å². The van der Waals surface area contributed by atoms with E-state index in [0.29, 0.717) is 11.7 Å². The molecule has 1 aliphatic rings. The van der Waals surface area contributed by atoms with E-state index in [1.807, 2.05) is 6.07 Å². The van der Waals surface area contributed by atoms with E-state index >= 15 is 0 Å². The Bertz CT molecular complexity index is 595. The molecule has 1 fully saturated rings. The number of piperidine rings is 1. The van der Waals surface area contributed by atoms with E-state index < -0.39 is 0 Å². The van der Waals surface area contributed by atoms with Gasteiger partial charge < -0.3 is 14.6 Å². The number of furan rings is 1. The van der Waals surface area contributed by atoms with Crippen LogP contribution in [0.3, 0.4) is 0 Å². The summed E-state index contributed by atoms with van der Waals surface area (Å²) in [7, 11) is 0. The largest absolute Gasteiger partial charge is 0.459 e. The summed E-state index contributed by atoms with van der Waals surface area (Å²) >= 11 is 0. The highest BCUT2D eigenvalue weighted by Gasteiger charge is 2.18. The summed E-state index contributed by atoms with van der Waals surface area (Å²) in [5.41, 5.74) is 0. The van der Waals surface area contributed by atoms with Gasteiger partial charge >= 0.3 is 0 Å². The van der Waals surface area contributed by atoms with Crippen molar-refractivity contribution in [3.63, 3.8) is 0 Å². The number of nitrogens with one attached hydrogen (secondary N) is 1. The first-order chi connectivity index (χ1) is 10.2. The summed E-state index contributed by atoms with van der Waals surface area (Å²) in [5.74, 6) is 1.89. The molecule has 3 heterocycles. The van der Waals surface area contributed by atoms with Gasteiger partial charge in [0.1, 0.15) is 0 Å². The number of nitrogens with zero attached hydrogens (tertiary/aromatic N) is 3. The zero-order chi connectivity index (χ0) is 14.7. The van der Waals surface area contributed by atoms with Gasteiger partial charge in [0.25, 0.3) is 5.91 Å². The molecule has 0 radical (unpaired) electrons. The molecule has 0 aromatic carbocycles. The second kappa shape index (κ2) is 5.95. The highest BCUT2D eigenvalue weighted by atomic mass is 16.3. The van der Waals surface area contributed by atoms with Crippen LogP contribution < -0.4 is 10.2 Å². The molecule has 0 bridgehead atoms. The molecule has 0 aliphatic carbocycles. The van der Waals surface area contributed by atoms with Gasteiger partial charge in [-0.25, -0.2) is 0 Å². The fraction of sp³-hybridized carbons (Fsp3) is 0.400. The molecule has 1 atom stereocenters. The van der Waals surface area contributed by atoms with Crippen molar-refractivity contribution in [1.82, 2.24) is 10.2 Å². The highest BCUT2D eigenvalue weighted by molar-refractivity contribution is 6.01. The molecule has 2 aromatic rings. The molecule has 6 heteroatoms. The van der Waals surface area contributed by atoms with E-state index in [9.17, 15) is 4.79 Å². The Morgan fingerprint density at radius 2 is 2.29 bits per heavy atom. The van der Waals surface area contributed by atoms with Crippen LogP contribution in [0.1, 0.15) is 30.3 Å². The summed E-state index contributed by atoms with van der Waals surface area (Å²) in [6.07, 6.45) is 3.91. The van der Waals surface area contributed by atoms with Gasteiger partial charge in [-0.3, -0.25) is 4.79 Å². The van der Waals surface area contributed by atoms with Crippen molar-refractivity contribution in [3.8, 4) is 0 Å². The average molecular weight is 286 g/mol. The monoisotopic (exact) mass is 286 g/mol. The van der Waals surface area contributed by atoms with Crippen molar-refractivity contribution in [3.05, 3.63) is 36.3 Å². The quantitative estimate of drug-likeness (QED) is 0.939. The van der Waals surface area contributed by atoms with E-state index in [1.54, 1.807) is 18.2 Å². The molecule has 1 saturated heterocycles. The lowest BCUT2D eigenvalue weighted by atomic mass is 10.0. The summed E-state index contributed by atoms with van der Waals surface area (Å²) in [6.45, 7) is 4.27. The third-order valence-electron chi connectivity index (χ3n) is 3.62. The highest BCUT2D eigenvalue weighted by Crippen LogP contribution is 2.21. The summed E-state index contributed by atoms with van der Waals surface area (Å²) < 4.78 is 5.03. The number of aromatic nitrogens is 2. The van der Waals surface area contributed by atoms with Crippen molar-refractivity contribution >= 4 is 17.5 Å². The maximum absolute atomic E-state index is 11.8. The standard InChI is InChI=1S/C15H18N4O2/c1-11-4-2-8-19(10-11)14-7-6-13(17-18-14)16-15(20)12-5-3-9-21-12/h3,5-7,9,11H,2,4,8,10H2,1H3,(H,16,17,20). The first-order valence-corrected chi connectivity index (χ1v) is 7.16. The van der Waals surface area contributed by atoms with E-state index in [2.05, 4.69) is 27.3 Å². The molecule has 0 saturated carbocycles. The van der Waals surface area contributed by atoms with E-state index in [0.717, 1.165) is 18.9 Å². The van der Waals surface area contributed by atoms with E-state index in [-0.39, 0.29) is 11.7 Å². The Labute approximate surface area is 123 Å². The van der Waals surface area contributed by atoms with Gasteiger partial charge in [-0.15, -0.1) is 10.2 Å². The molecule has 1 amide bonds. The van der Waals surface area contributed by atoms with Crippen molar-refractivity contribution in [1.29, 1.82) is 0 Å². The Balaban J connectivity index is 1.65. The van der Waals surface area contributed by atoms with Crippen LogP contribution in [0.5, 0.6) is 0 Å². The predicted octanol–water partition coefficient (Wildman–Crippen LogP) is 2.56. The molecule has 2 aromatic heterocycles. The molecule has 110 valence electrons. The predicted molar refractivity (Wildman–Crippen MR) is 79.3 cm³/mol. The van der Waals surface area contributed by atoms with Gasteiger partial charge in [0.05, 0.1) is 6.26 Å². The lowest BCUT2D eigenvalue weighted by Crippen LogP contribution is -2.34. The minimum Gasteiger partial charge on any atom is -0.459 e. The van der Waals surface area contributed by atoms with Gasteiger partial charge in [-0.1, -0.05) is 6.92 Å². The molecule has 0 spiro atoms. The Hall–Kier alpha value is -2.37. The number of carbonyl (C=O) groups is 1. The first kappa shape index (κ1) is 13.6. The average Bonchev–Trinajstić information content (AvgIpc) is 3.02. The van der Waals surface area contributed by atoms with Gasteiger partial charge in [-0.2, -0.15) is 0 Å². The summed E-state index contributed by atoms with van der Waals surface area (Å²) in [5, 5.41) is 10.9. The number of anilines is 2. The molecular formula is C15H18N4O2. The van der Waals surface area contributed by atoms with Crippen molar-refractivity contribution in [2.24, 2.45) is 5.92 Å². The Kier molecular flexibility index (Phi) is 3.85. The van der Waals surface area contributed by atoms with Crippen molar-refractivity contribution < 1.29 is 9.21 Å². The number of hydrogen-bond acceptors (Lipinski definition) is 5. The second-order valence-electron chi connectivity index (χ2n) is 5.40. The molecule has 6 nitrogen and oxygen atoms in total. The molecule has 1 aliphatic heterocycles. The van der Waals surface area contributed by atoms with Gasteiger partial charge in [0.2, 0.25) is 0 Å². The molecule has 1 unspecified atom stereocenters. The van der Waals surface area contributed by atoms with Crippen LogP contribution in [0.25, 0.3) is 0 Å². The normalized spacial score (nSPS) is 18.5. The zero-order valence-corrected chi connectivity index (χ0v) is 12.0. The summed E-state index contributed by atoms with van der Waals surface area (Å²) in [4.78, 5) is 14.1. The Morgan fingerprint density at radius 3 is 2.95 bits per heavy atom. The lowest BCUT2D eigenvalue weighted by molar-refractivity contribution is 0.0996. The molecular weight excluding hydrogens is 268 g/mol. The smallest absolute Gasteiger partial charge is 0.292 e. The number of carbonyl (C=O) groups excluding carboxylic acids is 1. The first-order valence-electron chi connectivity index (χ1n) is 7.16. The maximum atomic E-state index is 11.8. The van der Waals surface area contributed by atoms with Crippen LogP contribution in [-0.4, -0.2) is 29.2 Å². The topological polar surface area (TPSA) is 71.3 Å². The van der Waals surface area contributed by atoms with Gasteiger partial charge in [0, 0.05) is 13.1 Å². The lowest BCUT2D eigenvalue weighted by Gasteiger charge is -2.31. The fourth-order valence-electron chi connectivity index (χ4n) is 2.54. The summed E-state index contributed by atoms with van der Waals surface area (Å²) in [6, 6.07) is 6.93. The number of rotatable bonds is 3. The number of amides is 1. The van der Waals surface area contributed by atoms with Gasteiger partial charge in [0.15, 0.2) is 17.4 Å². The second-order valence-corrected chi connectivity index (χ2v) is 5.40. The van der Waals surface area contributed by atoms with E-state index in [4.69, 9.17) is 4.42 Å². The van der Waals surface area contributed by atoms with Crippen molar-refractivity contribution in [2.45, 2.75) is 19.8 Å². The molecule has 1 N–H and O–H groups in total. The van der Waals surface area contributed by atoms with Crippen LogP contribution >= 0.6 is 0 Å². The third-order valence-corrected chi connectivity index (χ3v) is 3.62. The number of hydrogen-bond donors (Lipinski definition) is 1. The zero-order valence-electron chi connectivity index (χ0n) is 12.0. The van der Waals surface area contributed by atoms with Crippen LogP contribution in [-0.2, 0) is 0 Å². The minimum absolute atomic E-state index is 0.255. The SMILES string of the molecule is CC1CCCN(c2ccc(NC(=O)c3ccco3)nn2)C1. The van der Waals surface area contributed by atoms with Gasteiger partial charge in [-0.05, 0) is 43.0 Å². The van der Waals surface area contributed by atoms with E-state index in [1.165, 1.54) is 19.1 Å². The van der Waals surface area contributed by atoms with Crippen LogP contribution in [0.4, 0.5) is 11.6 Å². The maximum Gasteiger partial charge on any atom is 0.292 e. The minimum atomic E-state index is -0.325. The fourth-order valence-corrected chi connectivity index (χ4v) is 2.54. The van der Waals surface area contributed by atoms with Crippen molar-refractivity contribution in [2.75, 3.05) is 23.3 Å². The molecule has 21 heavy (non-hydrogen) atoms. The Morgan fingerprint density at radius 1 is 1.38 bits per heavy atom. The van der Waals surface area contributed by atoms with Crippen LogP contribution in [0.15, 0.2) is 34.9 Å². The van der Waals surface area contributed by atoms with Crippen LogP contribution in [0.2, 0.25) is 0 Å². The third kappa shape index (κ3) is 3.21.